The number of nitrogens with zero attached hydrogens (tertiary/aromatic N) is 4. The number of hydrogen-bond acceptors (Lipinski definition) is 2. The molecule has 3 rings (SSSR count). The predicted molar refractivity (Wildman–Crippen MR) is 88.0 cm³/mol. The second kappa shape index (κ2) is 6.24. The highest BCUT2D eigenvalue weighted by Crippen LogP contribution is 2.50. The van der Waals surface area contributed by atoms with Gasteiger partial charge in [0.05, 0.1) is 10.9 Å². The maximum Gasteiger partial charge on any atom is 0.189 e. The molecule has 0 spiro atoms. The highest BCUT2D eigenvalue weighted by Gasteiger charge is 2.42. The zero-order chi connectivity index (χ0) is 17.4. The van der Waals surface area contributed by atoms with Crippen LogP contribution in [0, 0.1) is 17.6 Å². The lowest BCUT2D eigenvalue weighted by Crippen LogP contribution is -2.16. The molecular weight excluding hydrogens is 314 g/mol. The number of aryl methyl sites for hydroxylation is 2. The van der Waals surface area contributed by atoms with Crippen LogP contribution in [0.1, 0.15) is 37.4 Å². The molecule has 7 heteroatoms. The Morgan fingerprint density at radius 1 is 1.38 bits per heavy atom. The molecule has 5 nitrogen and oxygen atoms in total. The molecule has 0 aliphatic heterocycles. The van der Waals surface area contributed by atoms with E-state index in [4.69, 9.17) is 5.53 Å². The summed E-state index contributed by atoms with van der Waals surface area (Å²) in [5.41, 5.74) is 8.93. The van der Waals surface area contributed by atoms with Crippen molar-refractivity contribution in [2.75, 3.05) is 6.54 Å². The van der Waals surface area contributed by atoms with Crippen molar-refractivity contribution in [2.24, 2.45) is 11.0 Å². The highest BCUT2D eigenvalue weighted by molar-refractivity contribution is 5.81. The van der Waals surface area contributed by atoms with Gasteiger partial charge in [-0.15, -0.1) is 0 Å². The van der Waals surface area contributed by atoms with E-state index in [9.17, 15) is 9.18 Å². The normalized spacial score (nSPS) is 19.3. The molecule has 126 valence electrons. The monoisotopic (exact) mass is 332 g/mol. The van der Waals surface area contributed by atoms with Crippen LogP contribution in [0.3, 0.4) is 0 Å². The second-order valence-corrected chi connectivity index (χ2v) is 6.10. The molecule has 1 fully saturated rings. The number of fused-ring (bicyclic) bond motifs is 1. The lowest BCUT2D eigenvalue weighted by molar-refractivity contribution is 0.552. The van der Waals surface area contributed by atoms with Crippen LogP contribution in [-0.2, 0) is 13.0 Å². The zero-order valence-electron chi connectivity index (χ0n) is 13.6. The highest BCUT2D eigenvalue weighted by atomic mass is 19.1. The standard InChI is InChI=1S/C17H18F2N4O/c1-3-10-6-14(24)12-7-13(18)15(11-5-9(11)8-21-22-20)16(19)17(12)23(10)4-2/h6-7,9,11H,3-5,8H2,1-2H3. The average Bonchev–Trinajstić information content (AvgIpc) is 3.32. The summed E-state index contributed by atoms with van der Waals surface area (Å²) in [5.74, 6) is -1.70. The van der Waals surface area contributed by atoms with E-state index in [0.29, 0.717) is 19.4 Å². The van der Waals surface area contributed by atoms with Gasteiger partial charge in [-0.1, -0.05) is 12.0 Å². The van der Waals surface area contributed by atoms with Crippen molar-refractivity contribution >= 4 is 10.9 Å². The first-order valence-electron chi connectivity index (χ1n) is 8.08. The molecule has 0 bridgehead atoms. The fraction of sp³-hybridized carbons (Fsp3) is 0.471. The molecule has 1 heterocycles. The average molecular weight is 332 g/mol. The van der Waals surface area contributed by atoms with Crippen molar-refractivity contribution in [2.45, 2.75) is 39.2 Å². The van der Waals surface area contributed by atoms with Crippen LogP contribution in [0.2, 0.25) is 0 Å². The van der Waals surface area contributed by atoms with Gasteiger partial charge in [0.25, 0.3) is 0 Å². The van der Waals surface area contributed by atoms with Gasteiger partial charge in [-0.25, -0.2) is 8.78 Å². The van der Waals surface area contributed by atoms with Gasteiger partial charge in [-0.2, -0.15) is 0 Å². The number of rotatable bonds is 5. The molecule has 0 saturated heterocycles. The Morgan fingerprint density at radius 2 is 2.12 bits per heavy atom. The molecule has 2 atom stereocenters. The number of pyridine rings is 1. The zero-order valence-corrected chi connectivity index (χ0v) is 13.6. The van der Waals surface area contributed by atoms with Gasteiger partial charge in [0, 0.05) is 35.3 Å². The van der Waals surface area contributed by atoms with E-state index in [-0.39, 0.29) is 40.3 Å². The molecule has 2 aromatic rings. The van der Waals surface area contributed by atoms with Crippen molar-refractivity contribution < 1.29 is 8.78 Å². The van der Waals surface area contributed by atoms with E-state index >= 15 is 4.39 Å². The minimum Gasteiger partial charge on any atom is -0.342 e. The Kier molecular flexibility index (Phi) is 4.28. The number of azide groups is 1. The molecule has 1 aromatic carbocycles. The van der Waals surface area contributed by atoms with Gasteiger partial charge >= 0.3 is 0 Å². The topological polar surface area (TPSA) is 70.8 Å². The summed E-state index contributed by atoms with van der Waals surface area (Å²) in [4.78, 5) is 14.9. The fourth-order valence-corrected chi connectivity index (χ4v) is 3.46. The first-order chi connectivity index (χ1) is 11.5. The molecule has 1 aromatic heterocycles. The molecule has 1 aliphatic carbocycles. The summed E-state index contributed by atoms with van der Waals surface area (Å²) in [6, 6.07) is 2.59. The first kappa shape index (κ1) is 16.5. The van der Waals surface area contributed by atoms with Gasteiger partial charge in [-0.3, -0.25) is 4.79 Å². The Balaban J connectivity index is 2.22. The number of benzene rings is 1. The minimum absolute atomic E-state index is 0.00972. The summed E-state index contributed by atoms with van der Waals surface area (Å²) in [5, 5.41) is 3.56. The molecule has 2 unspecified atom stereocenters. The largest absolute Gasteiger partial charge is 0.342 e. The van der Waals surface area contributed by atoms with Crippen molar-refractivity contribution in [3.05, 3.63) is 55.7 Å². The third kappa shape index (κ3) is 2.55. The second-order valence-electron chi connectivity index (χ2n) is 6.10. The van der Waals surface area contributed by atoms with Gasteiger partial charge in [-0.05, 0) is 43.2 Å². The van der Waals surface area contributed by atoms with E-state index in [1.165, 1.54) is 6.07 Å². The van der Waals surface area contributed by atoms with Gasteiger partial charge in [0.1, 0.15) is 5.82 Å². The third-order valence-corrected chi connectivity index (χ3v) is 4.76. The van der Waals surface area contributed by atoms with Crippen molar-refractivity contribution in [1.82, 2.24) is 4.57 Å². The summed E-state index contributed by atoms with van der Waals surface area (Å²) in [7, 11) is 0. The molecule has 24 heavy (non-hydrogen) atoms. The summed E-state index contributed by atoms with van der Waals surface area (Å²) in [6.07, 6.45) is 1.18. The molecule has 1 saturated carbocycles. The quantitative estimate of drug-likeness (QED) is 0.458. The summed E-state index contributed by atoms with van der Waals surface area (Å²) >= 11 is 0. The van der Waals surface area contributed by atoms with E-state index in [0.717, 1.165) is 11.8 Å². The summed E-state index contributed by atoms with van der Waals surface area (Å²) < 4.78 is 31.4. The Morgan fingerprint density at radius 3 is 2.75 bits per heavy atom. The Labute approximate surface area is 137 Å². The van der Waals surface area contributed by atoms with Crippen molar-refractivity contribution in [3.8, 4) is 0 Å². The first-order valence-corrected chi connectivity index (χ1v) is 8.08. The van der Waals surface area contributed by atoms with Crippen molar-refractivity contribution in [3.63, 3.8) is 0 Å². The lowest BCUT2D eigenvalue weighted by Gasteiger charge is -2.17. The van der Waals surface area contributed by atoms with E-state index in [1.54, 1.807) is 4.57 Å². The van der Waals surface area contributed by atoms with Crippen LogP contribution in [-0.4, -0.2) is 11.1 Å². The smallest absolute Gasteiger partial charge is 0.189 e. The fourth-order valence-electron chi connectivity index (χ4n) is 3.46. The number of hydrogen-bond donors (Lipinski definition) is 0. The van der Waals surface area contributed by atoms with E-state index in [1.807, 2.05) is 13.8 Å². The molecule has 0 radical (unpaired) electrons. The van der Waals surface area contributed by atoms with Gasteiger partial charge in [0.15, 0.2) is 11.2 Å². The van der Waals surface area contributed by atoms with Crippen molar-refractivity contribution in [1.29, 1.82) is 0 Å². The number of aromatic nitrogens is 1. The van der Waals surface area contributed by atoms with Crippen LogP contribution in [0.4, 0.5) is 8.78 Å². The Bertz CT molecular complexity index is 915. The van der Waals surface area contributed by atoms with Crippen LogP contribution in [0.5, 0.6) is 0 Å². The maximum atomic E-state index is 15.2. The SMILES string of the molecule is CCc1cc(=O)c2cc(F)c(C3CC3CN=[N+]=[N-])c(F)c2n1CC. The van der Waals surface area contributed by atoms with Crippen LogP contribution in [0.15, 0.2) is 22.0 Å². The molecule has 0 N–H and O–H groups in total. The van der Waals surface area contributed by atoms with Crippen LogP contribution < -0.4 is 5.43 Å². The van der Waals surface area contributed by atoms with Crippen LogP contribution >= 0.6 is 0 Å². The van der Waals surface area contributed by atoms with E-state index in [2.05, 4.69) is 10.0 Å². The third-order valence-electron chi connectivity index (χ3n) is 4.76. The van der Waals surface area contributed by atoms with Gasteiger partial charge in [0.2, 0.25) is 0 Å². The Hall–Kier alpha value is -2.40. The summed E-state index contributed by atoms with van der Waals surface area (Å²) in [6.45, 7) is 4.49. The molecule has 1 aliphatic rings. The van der Waals surface area contributed by atoms with Gasteiger partial charge < -0.3 is 4.57 Å². The number of halogens is 2. The predicted octanol–water partition coefficient (Wildman–Crippen LogP) is 4.28. The minimum atomic E-state index is -0.697. The lowest BCUT2D eigenvalue weighted by atomic mass is 10.0. The molecule has 0 amide bonds. The van der Waals surface area contributed by atoms with Crippen LogP contribution in [0.25, 0.3) is 21.3 Å². The maximum absolute atomic E-state index is 15.2. The van der Waals surface area contributed by atoms with E-state index < -0.39 is 11.6 Å². The molecular formula is C17H18F2N4O.